The van der Waals surface area contributed by atoms with Crippen LogP contribution in [0.4, 0.5) is 5.69 Å². The average molecular weight is 485 g/mol. The number of carbonyl (C=O) groups excluding carboxylic acids is 3. The number of aromatic nitrogens is 2. The summed E-state index contributed by atoms with van der Waals surface area (Å²) < 4.78 is 0. The number of rotatable bonds is 5. The lowest BCUT2D eigenvalue weighted by molar-refractivity contribution is -0.136. The highest BCUT2D eigenvalue weighted by Crippen LogP contribution is 2.46. The lowest BCUT2D eigenvalue weighted by Crippen LogP contribution is -2.52. The van der Waals surface area contributed by atoms with Crippen LogP contribution in [0.5, 0.6) is 0 Å². The third kappa shape index (κ3) is 3.70. The molecule has 4 heterocycles. The zero-order chi connectivity index (χ0) is 25.6. The summed E-state index contributed by atoms with van der Waals surface area (Å²) >= 11 is 0. The fourth-order valence-electron chi connectivity index (χ4n) is 5.45. The van der Waals surface area contributed by atoms with E-state index in [0.717, 1.165) is 10.9 Å². The zero-order valence-electron chi connectivity index (χ0n) is 20.5. The number of nitrogens with one attached hydrogen (secondary N) is 2. The van der Waals surface area contributed by atoms with Crippen LogP contribution in [-0.2, 0) is 15.0 Å². The van der Waals surface area contributed by atoms with E-state index in [0.29, 0.717) is 23.4 Å². The first-order valence-corrected chi connectivity index (χ1v) is 12.1. The second-order valence-corrected chi connectivity index (χ2v) is 10.1. The predicted molar refractivity (Wildman–Crippen MR) is 134 cm³/mol. The van der Waals surface area contributed by atoms with Crippen LogP contribution in [0.25, 0.3) is 11.0 Å². The fraction of sp³-hybridized carbons (Fsp3) is 0.370. The minimum absolute atomic E-state index is 0.0971. The molecule has 0 radical (unpaired) electrons. The summed E-state index contributed by atoms with van der Waals surface area (Å²) in [7, 11) is 1.61. The predicted octanol–water partition coefficient (Wildman–Crippen LogP) is 3.06. The van der Waals surface area contributed by atoms with Crippen molar-refractivity contribution in [1.29, 1.82) is 5.26 Å². The van der Waals surface area contributed by atoms with Crippen molar-refractivity contribution in [2.75, 3.05) is 18.9 Å². The van der Waals surface area contributed by atoms with Gasteiger partial charge in [0, 0.05) is 37.3 Å². The number of fused-ring (bicyclic) bond motifs is 3. The molecule has 1 fully saturated rings. The van der Waals surface area contributed by atoms with Crippen molar-refractivity contribution in [2.24, 2.45) is 5.92 Å². The highest BCUT2D eigenvalue weighted by molar-refractivity contribution is 6.07. The Kier molecular flexibility index (Phi) is 5.75. The van der Waals surface area contributed by atoms with Crippen molar-refractivity contribution < 1.29 is 14.4 Å². The maximum Gasteiger partial charge on any atom is 0.270 e. The highest BCUT2D eigenvalue weighted by Gasteiger charge is 2.56. The molecular weight excluding hydrogens is 456 g/mol. The maximum absolute atomic E-state index is 14.0. The van der Waals surface area contributed by atoms with Crippen LogP contribution in [0.2, 0.25) is 0 Å². The Hall–Kier alpha value is -4.19. The van der Waals surface area contributed by atoms with Gasteiger partial charge in [-0.15, -0.1) is 0 Å². The Morgan fingerprint density at radius 2 is 2.06 bits per heavy atom. The van der Waals surface area contributed by atoms with Gasteiger partial charge in [-0.05, 0) is 42.2 Å². The Morgan fingerprint density at radius 1 is 1.28 bits per heavy atom. The van der Waals surface area contributed by atoms with Gasteiger partial charge in [0.25, 0.3) is 5.91 Å². The van der Waals surface area contributed by atoms with E-state index < -0.39 is 17.5 Å². The van der Waals surface area contributed by atoms with Crippen molar-refractivity contribution in [3.8, 4) is 6.07 Å². The number of benzene rings is 1. The SMILES string of the molecule is CC(C)C[C@@H](C(=O)N1C[C@]2(C[C@H]1C#N)C(=O)Nc1ccccc12)N(C)C(=O)c1cc2cccnc2[nH]1. The molecule has 0 bridgehead atoms. The standard InChI is InChI=1S/C27H28N6O3/c1-16(2)11-22(32(3)24(34)21-12-17-7-6-10-29-23(17)30-21)25(35)33-15-27(13-18(33)14-28)19-8-4-5-9-20(19)31-26(27)36/h4-10,12,16,18,22H,11,13,15H2,1-3H3,(H,29,30)(H,31,36)/t18-,22-,27-/m0/s1. The molecule has 36 heavy (non-hydrogen) atoms. The molecule has 0 aliphatic carbocycles. The van der Waals surface area contributed by atoms with Crippen LogP contribution in [-0.4, -0.2) is 63.2 Å². The van der Waals surface area contributed by atoms with Gasteiger partial charge in [-0.3, -0.25) is 14.4 Å². The van der Waals surface area contributed by atoms with Gasteiger partial charge in [0.05, 0.1) is 11.5 Å². The number of para-hydroxylation sites is 1. The van der Waals surface area contributed by atoms with Crippen LogP contribution < -0.4 is 5.32 Å². The Morgan fingerprint density at radius 3 is 2.78 bits per heavy atom. The van der Waals surface area contributed by atoms with Crippen LogP contribution in [0.3, 0.4) is 0 Å². The molecule has 1 aromatic carbocycles. The van der Waals surface area contributed by atoms with E-state index in [-0.39, 0.29) is 36.6 Å². The maximum atomic E-state index is 14.0. The minimum Gasteiger partial charge on any atom is -0.335 e. The number of nitriles is 1. The summed E-state index contributed by atoms with van der Waals surface area (Å²) in [6.07, 6.45) is 2.28. The number of carbonyl (C=O) groups is 3. The van der Waals surface area contributed by atoms with Crippen molar-refractivity contribution in [1.82, 2.24) is 19.8 Å². The van der Waals surface area contributed by atoms with Gasteiger partial charge in [0.15, 0.2) is 0 Å². The molecule has 2 aliphatic rings. The number of hydrogen-bond donors (Lipinski definition) is 2. The summed E-state index contributed by atoms with van der Waals surface area (Å²) in [6, 6.07) is 13.5. The number of amides is 3. The largest absolute Gasteiger partial charge is 0.335 e. The second kappa shape index (κ2) is 8.79. The number of aromatic amines is 1. The van der Waals surface area contributed by atoms with Crippen LogP contribution in [0.1, 0.15) is 42.7 Å². The summed E-state index contributed by atoms with van der Waals surface area (Å²) in [4.78, 5) is 50.8. The van der Waals surface area contributed by atoms with Crippen LogP contribution in [0, 0.1) is 17.2 Å². The molecule has 3 amide bonds. The first kappa shape index (κ1) is 23.5. The van der Waals surface area contributed by atoms with E-state index in [2.05, 4.69) is 21.4 Å². The van der Waals surface area contributed by atoms with Crippen molar-refractivity contribution in [2.45, 2.75) is 44.2 Å². The number of pyridine rings is 1. The van der Waals surface area contributed by atoms with E-state index in [1.165, 1.54) is 9.80 Å². The molecule has 3 atom stereocenters. The fourth-order valence-corrected chi connectivity index (χ4v) is 5.45. The topological polar surface area (TPSA) is 122 Å². The molecule has 9 heteroatoms. The third-order valence-electron chi connectivity index (χ3n) is 7.31. The molecule has 3 aromatic rings. The van der Waals surface area contributed by atoms with E-state index in [1.807, 2.05) is 44.2 Å². The lowest BCUT2D eigenvalue weighted by Gasteiger charge is -2.33. The summed E-state index contributed by atoms with van der Waals surface area (Å²) in [5.41, 5.74) is 1.48. The monoisotopic (exact) mass is 484 g/mol. The average Bonchev–Trinajstić information content (AvgIpc) is 3.55. The van der Waals surface area contributed by atoms with E-state index in [1.54, 1.807) is 25.4 Å². The summed E-state index contributed by atoms with van der Waals surface area (Å²) in [5, 5.41) is 13.7. The number of H-pyrrole nitrogens is 1. The number of nitrogens with zero attached hydrogens (tertiary/aromatic N) is 4. The van der Waals surface area contributed by atoms with Gasteiger partial charge < -0.3 is 20.1 Å². The summed E-state index contributed by atoms with van der Waals surface area (Å²) in [5.74, 6) is -0.742. The summed E-state index contributed by atoms with van der Waals surface area (Å²) in [6.45, 7) is 4.07. The van der Waals surface area contributed by atoms with Crippen LogP contribution in [0.15, 0.2) is 48.7 Å². The third-order valence-corrected chi connectivity index (χ3v) is 7.31. The molecule has 2 aromatic heterocycles. The number of hydrogen-bond acceptors (Lipinski definition) is 5. The number of likely N-dealkylation sites (N-methyl/N-ethyl adjacent to an activating group) is 1. The molecule has 0 unspecified atom stereocenters. The highest BCUT2D eigenvalue weighted by atomic mass is 16.2. The second-order valence-electron chi connectivity index (χ2n) is 10.1. The van der Waals surface area contributed by atoms with Gasteiger partial charge in [-0.25, -0.2) is 4.98 Å². The molecule has 184 valence electrons. The smallest absolute Gasteiger partial charge is 0.270 e. The zero-order valence-corrected chi connectivity index (χ0v) is 20.5. The van der Waals surface area contributed by atoms with Gasteiger partial charge in [-0.1, -0.05) is 32.0 Å². The first-order chi connectivity index (χ1) is 17.2. The quantitative estimate of drug-likeness (QED) is 0.576. The van der Waals surface area contributed by atoms with Gasteiger partial charge in [0.2, 0.25) is 11.8 Å². The molecule has 2 N–H and O–H groups in total. The number of anilines is 1. The molecule has 5 rings (SSSR count). The normalized spacial score (nSPS) is 21.5. The molecule has 0 saturated carbocycles. The van der Waals surface area contributed by atoms with Gasteiger partial charge >= 0.3 is 0 Å². The van der Waals surface area contributed by atoms with E-state index in [9.17, 15) is 19.6 Å². The van der Waals surface area contributed by atoms with Crippen molar-refractivity contribution >= 4 is 34.4 Å². The Labute approximate surface area is 209 Å². The van der Waals surface area contributed by atoms with E-state index >= 15 is 0 Å². The lowest BCUT2D eigenvalue weighted by atomic mass is 9.80. The molecule has 1 spiro atoms. The minimum atomic E-state index is -0.972. The molecule has 9 nitrogen and oxygen atoms in total. The number of likely N-dealkylation sites (tertiary alicyclic amines) is 1. The van der Waals surface area contributed by atoms with Crippen molar-refractivity contribution in [3.05, 3.63) is 59.9 Å². The molecule has 1 saturated heterocycles. The van der Waals surface area contributed by atoms with Crippen molar-refractivity contribution in [3.63, 3.8) is 0 Å². The van der Waals surface area contributed by atoms with E-state index in [4.69, 9.17) is 0 Å². The van der Waals surface area contributed by atoms with Crippen LogP contribution >= 0.6 is 0 Å². The molecule has 2 aliphatic heterocycles. The Bertz CT molecular complexity index is 1370. The Balaban J connectivity index is 1.46. The molecular formula is C27H28N6O3. The first-order valence-electron chi connectivity index (χ1n) is 12.1. The van der Waals surface area contributed by atoms with Gasteiger partial charge in [-0.2, -0.15) is 5.26 Å². The van der Waals surface area contributed by atoms with Gasteiger partial charge in [0.1, 0.15) is 23.4 Å².